The summed E-state index contributed by atoms with van der Waals surface area (Å²) < 4.78 is 0.831. The number of carboxylic acid groups (broad SMARTS) is 2. The van der Waals surface area contributed by atoms with Crippen molar-refractivity contribution in [3.63, 3.8) is 0 Å². The predicted octanol–water partition coefficient (Wildman–Crippen LogP) is 12.7. The van der Waals surface area contributed by atoms with Crippen molar-refractivity contribution in [2.45, 2.75) is 155 Å². The smallest absolute Gasteiger partial charge is 0.394 e. The summed E-state index contributed by atoms with van der Waals surface area (Å²) in [7, 11) is 0. The minimum atomic E-state index is -1.52. The molecule has 4 N–H and O–H groups in total. The Morgan fingerprint density at radius 1 is 0.420 bits per heavy atom. The second-order valence-corrected chi connectivity index (χ2v) is 18.4. The first-order chi connectivity index (χ1) is 33.4. The second kappa shape index (κ2) is 34.5. The number of carboxylic acids is 2. The van der Waals surface area contributed by atoms with Gasteiger partial charge in [0.25, 0.3) is 11.8 Å². The zero-order valence-electron chi connectivity index (χ0n) is 40.9. The maximum atomic E-state index is 12.4. The van der Waals surface area contributed by atoms with E-state index in [0.717, 1.165) is 41.3 Å². The summed E-state index contributed by atoms with van der Waals surface area (Å²) in [5.74, 6) is -5.28. The largest absolute Gasteiger partial charge is 0.474 e. The number of hydrogen-bond acceptors (Lipinski definition) is 6. The maximum Gasteiger partial charge on any atom is 0.394 e. The molecule has 4 amide bonds. The van der Waals surface area contributed by atoms with Crippen LogP contribution in [0.4, 0.5) is 11.4 Å². The highest BCUT2D eigenvalue weighted by Crippen LogP contribution is 2.22. The fraction of sp³-hybridized carbons (Fsp3) is 0.464. The molecule has 0 unspecified atom stereocenters. The van der Waals surface area contributed by atoms with Crippen molar-refractivity contribution >= 4 is 62.9 Å². The number of unbranched alkanes of at least 4 members (excludes halogenated alkanes) is 18. The number of hydrogen-bond donors (Lipinski definition) is 4. The number of nitrogens with zero attached hydrogens (tertiary/aromatic N) is 2. The summed E-state index contributed by atoms with van der Waals surface area (Å²) >= 11 is 3.34. The summed E-state index contributed by atoms with van der Waals surface area (Å²) in [5, 5.41) is 24.3. The minimum absolute atomic E-state index is 0.0905. The van der Waals surface area contributed by atoms with Crippen LogP contribution in [0.2, 0.25) is 0 Å². The quantitative estimate of drug-likeness (QED) is 0.0295. The summed E-state index contributed by atoms with van der Waals surface area (Å²) in [6, 6.07) is 29.4. The second-order valence-electron chi connectivity index (χ2n) is 17.5. The number of anilines is 2. The number of amides is 4. The van der Waals surface area contributed by atoms with Crippen LogP contribution in [0.25, 0.3) is 0 Å². The Hall–Kier alpha value is -5.82. The molecule has 0 aliphatic rings. The molecule has 0 spiro atoms. The van der Waals surface area contributed by atoms with E-state index in [1.807, 2.05) is 0 Å². The molecule has 0 saturated carbocycles. The van der Waals surface area contributed by atoms with Crippen molar-refractivity contribution in [2.75, 3.05) is 22.9 Å². The van der Waals surface area contributed by atoms with Gasteiger partial charge in [-0.15, -0.1) is 0 Å². The van der Waals surface area contributed by atoms with Gasteiger partial charge in [-0.1, -0.05) is 188 Å². The van der Waals surface area contributed by atoms with Crippen molar-refractivity contribution in [2.24, 2.45) is 0 Å². The average molecular weight is 1010 g/mol. The van der Waals surface area contributed by atoms with Gasteiger partial charge >= 0.3 is 23.8 Å². The number of para-hydroxylation sites is 1. The van der Waals surface area contributed by atoms with Crippen molar-refractivity contribution in [1.82, 2.24) is 10.6 Å². The van der Waals surface area contributed by atoms with E-state index >= 15 is 0 Å². The number of nitrogens with one attached hydrogen (secondary N) is 2. The van der Waals surface area contributed by atoms with Gasteiger partial charge < -0.3 is 20.8 Å². The third-order valence-corrected chi connectivity index (χ3v) is 12.3. The normalized spacial score (nSPS) is 10.7. The number of halogens is 1. The van der Waals surface area contributed by atoms with E-state index in [9.17, 15) is 33.9 Å². The van der Waals surface area contributed by atoms with Crippen molar-refractivity contribution < 1.29 is 39.0 Å². The van der Waals surface area contributed by atoms with Gasteiger partial charge in [0, 0.05) is 40.1 Å². The molecule has 0 aliphatic heterocycles. The number of rotatable bonds is 30. The molecule has 4 aromatic rings. The molecule has 0 bridgehead atoms. The van der Waals surface area contributed by atoms with Crippen molar-refractivity contribution in [3.05, 3.63) is 130 Å². The van der Waals surface area contributed by atoms with Gasteiger partial charge in [-0.25, -0.2) is 9.59 Å². The third kappa shape index (κ3) is 23.4. The first-order valence-corrected chi connectivity index (χ1v) is 25.9. The molecule has 12 nitrogen and oxygen atoms in total. The fourth-order valence-electron chi connectivity index (χ4n) is 7.74. The molecule has 0 atom stereocenters. The summed E-state index contributed by atoms with van der Waals surface area (Å²) in [4.78, 5) is 74.2. The van der Waals surface area contributed by atoms with Crippen LogP contribution in [-0.2, 0) is 32.3 Å². The van der Waals surface area contributed by atoms with Gasteiger partial charge in [0.15, 0.2) is 0 Å². The van der Waals surface area contributed by atoms with Crippen LogP contribution in [-0.4, -0.2) is 58.9 Å². The molecule has 0 aromatic heterocycles. The van der Waals surface area contributed by atoms with Crippen LogP contribution < -0.4 is 20.4 Å². The maximum absolute atomic E-state index is 12.4. The number of benzene rings is 4. The third-order valence-electron chi connectivity index (χ3n) is 11.8. The van der Waals surface area contributed by atoms with E-state index in [0.29, 0.717) is 35.6 Å². The molecule has 4 aromatic carbocycles. The van der Waals surface area contributed by atoms with Crippen LogP contribution in [0.15, 0.2) is 108 Å². The highest BCUT2D eigenvalue weighted by molar-refractivity contribution is 9.10. The predicted molar refractivity (Wildman–Crippen MR) is 279 cm³/mol. The van der Waals surface area contributed by atoms with E-state index in [4.69, 9.17) is 5.11 Å². The van der Waals surface area contributed by atoms with Crippen LogP contribution in [0.1, 0.15) is 174 Å². The van der Waals surface area contributed by atoms with E-state index in [1.165, 1.54) is 113 Å². The summed E-state index contributed by atoms with van der Waals surface area (Å²) in [6.45, 7) is 5.99. The number of aliphatic carboxylic acids is 2. The topological polar surface area (TPSA) is 173 Å². The Morgan fingerprint density at radius 2 is 0.739 bits per heavy atom. The molecule has 0 heterocycles. The first-order valence-electron chi connectivity index (χ1n) is 25.1. The Balaban J connectivity index is 0.000000365. The Labute approximate surface area is 418 Å². The highest BCUT2D eigenvalue weighted by Gasteiger charge is 2.24. The fourth-order valence-corrected chi connectivity index (χ4v) is 8.01. The van der Waals surface area contributed by atoms with Crippen molar-refractivity contribution in [1.29, 1.82) is 0 Å². The SMILES string of the molecule is CCCCCCCCCCCCNC(=O)c1ccc(CN(C(=O)C(=O)O)c2ccc(Br)cc2)cc1.CCCCCCCCCCCCNC(=O)c1ccc(CN(C(=O)C(=O)O)c2ccccc2)cc1. The van der Waals surface area contributed by atoms with Crippen LogP contribution in [0.3, 0.4) is 0 Å². The molecule has 0 aliphatic carbocycles. The monoisotopic (exact) mass is 1010 g/mol. The van der Waals surface area contributed by atoms with E-state index in [1.54, 1.807) is 103 Å². The zero-order chi connectivity index (χ0) is 50.1. The van der Waals surface area contributed by atoms with E-state index in [2.05, 4.69) is 40.4 Å². The molecule has 0 radical (unpaired) electrons. The molecule has 4 rings (SSSR count). The van der Waals surface area contributed by atoms with Gasteiger partial charge in [-0.05, 0) is 84.6 Å². The Kier molecular flexibility index (Phi) is 28.7. The van der Waals surface area contributed by atoms with Crippen LogP contribution in [0.5, 0.6) is 0 Å². The van der Waals surface area contributed by atoms with Gasteiger partial charge in [-0.3, -0.25) is 29.0 Å². The minimum Gasteiger partial charge on any atom is -0.474 e. The lowest BCUT2D eigenvalue weighted by atomic mass is 10.1. The highest BCUT2D eigenvalue weighted by atomic mass is 79.9. The summed E-state index contributed by atoms with van der Waals surface area (Å²) in [6.07, 6.45) is 25.1. The number of carbonyl (C=O) groups is 6. The molecule has 13 heteroatoms. The molecular weight excluding hydrogens is 937 g/mol. The van der Waals surface area contributed by atoms with Gasteiger partial charge in [-0.2, -0.15) is 0 Å². The lowest BCUT2D eigenvalue weighted by molar-refractivity contribution is -0.149. The molecule has 0 saturated heterocycles. The lowest BCUT2D eigenvalue weighted by Crippen LogP contribution is -2.36. The average Bonchev–Trinajstić information content (AvgIpc) is 3.36. The van der Waals surface area contributed by atoms with Crippen molar-refractivity contribution in [3.8, 4) is 0 Å². The van der Waals surface area contributed by atoms with E-state index < -0.39 is 23.8 Å². The van der Waals surface area contributed by atoms with E-state index in [-0.39, 0.29) is 24.9 Å². The summed E-state index contributed by atoms with van der Waals surface area (Å²) in [5.41, 5.74) is 3.55. The van der Waals surface area contributed by atoms with Gasteiger partial charge in [0.05, 0.1) is 13.1 Å². The van der Waals surface area contributed by atoms with Crippen LogP contribution in [0, 0.1) is 0 Å². The molecule has 0 fully saturated rings. The van der Waals surface area contributed by atoms with Crippen LogP contribution >= 0.6 is 15.9 Å². The molecular formula is C56H75BrN4O8. The molecule has 69 heavy (non-hydrogen) atoms. The standard InChI is InChI=1S/C28H37BrN2O4.C28H38N2O4/c1-2-3-4-5-6-7-8-9-10-11-20-30-26(32)23-14-12-22(13-15-23)21-31(27(33)28(34)35)25-18-16-24(29)17-19-25;1-2-3-4-5-6-7-8-9-10-14-21-29-26(31)24-19-17-23(18-20-24)22-30(27(32)28(33)34)25-15-12-11-13-16-25/h12-19H,2-11,20-21H2,1H3,(H,30,32)(H,34,35);11-13,15-20H,2-10,14,21-22H2,1H3,(H,29,31)(H,33,34). The Morgan fingerprint density at radius 3 is 1.07 bits per heavy atom. The number of carbonyl (C=O) groups excluding carboxylic acids is 4. The van der Waals surface area contributed by atoms with Gasteiger partial charge in [0.1, 0.15) is 0 Å². The zero-order valence-corrected chi connectivity index (χ0v) is 42.5. The molecule has 374 valence electrons. The Bertz CT molecular complexity index is 2110. The lowest BCUT2D eigenvalue weighted by Gasteiger charge is -2.21. The van der Waals surface area contributed by atoms with Gasteiger partial charge in [0.2, 0.25) is 0 Å². The first kappa shape index (κ1) is 57.5.